The number of aromatic nitrogens is 2. The molecule has 0 fully saturated rings. The van der Waals surface area contributed by atoms with Crippen LogP contribution in [0.5, 0.6) is 5.75 Å². The van der Waals surface area contributed by atoms with Crippen LogP contribution in [0.4, 0.5) is 4.39 Å². The second kappa shape index (κ2) is 6.53. The average Bonchev–Trinajstić information content (AvgIpc) is 3.09. The summed E-state index contributed by atoms with van der Waals surface area (Å²) in [4.78, 5) is 4.30. The molecule has 0 radical (unpaired) electrons. The molecule has 0 bridgehead atoms. The lowest BCUT2D eigenvalue weighted by Crippen LogP contribution is -1.99. The van der Waals surface area contributed by atoms with Crippen molar-refractivity contribution in [3.05, 3.63) is 77.3 Å². The topological polar surface area (TPSA) is 48.2 Å². The molecule has 4 aromatic rings. The third-order valence-electron chi connectivity index (χ3n) is 3.72. The molecule has 124 valence electrons. The molecule has 0 aliphatic rings. The third-order valence-corrected chi connectivity index (χ3v) is 3.95. The smallest absolute Gasteiger partial charge is 0.258 e. The van der Waals surface area contributed by atoms with Crippen LogP contribution < -0.4 is 4.74 Å². The van der Waals surface area contributed by atoms with Gasteiger partial charge < -0.3 is 9.26 Å². The van der Waals surface area contributed by atoms with Gasteiger partial charge in [0.25, 0.3) is 5.89 Å². The zero-order chi connectivity index (χ0) is 17.2. The molecule has 0 aliphatic heterocycles. The second-order valence-corrected chi connectivity index (χ2v) is 5.88. The van der Waals surface area contributed by atoms with Gasteiger partial charge in [0.05, 0.1) is 0 Å². The first-order valence-electron chi connectivity index (χ1n) is 7.59. The predicted octanol–water partition coefficient (Wildman–Crippen LogP) is 5.26. The number of nitrogens with zero attached hydrogens (tertiary/aromatic N) is 2. The van der Waals surface area contributed by atoms with E-state index in [0.717, 1.165) is 16.3 Å². The zero-order valence-corrected chi connectivity index (χ0v) is 13.7. The number of hydrogen-bond donors (Lipinski definition) is 0. The molecule has 1 aromatic heterocycles. The second-order valence-electron chi connectivity index (χ2n) is 5.44. The maximum Gasteiger partial charge on any atom is 0.258 e. The number of hydrogen-bond acceptors (Lipinski definition) is 4. The van der Waals surface area contributed by atoms with E-state index in [0.29, 0.717) is 16.7 Å². The van der Waals surface area contributed by atoms with Gasteiger partial charge in [-0.3, -0.25) is 0 Å². The van der Waals surface area contributed by atoms with E-state index in [1.165, 1.54) is 12.1 Å². The lowest BCUT2D eigenvalue weighted by molar-refractivity contribution is 0.274. The van der Waals surface area contributed by atoms with E-state index in [1.807, 2.05) is 42.5 Å². The fraction of sp³-hybridized carbons (Fsp3) is 0.0526. The van der Waals surface area contributed by atoms with Crippen molar-refractivity contribution >= 4 is 22.4 Å². The average molecular weight is 355 g/mol. The van der Waals surface area contributed by atoms with Crippen molar-refractivity contribution in [1.82, 2.24) is 10.1 Å². The first-order valence-corrected chi connectivity index (χ1v) is 7.96. The van der Waals surface area contributed by atoms with Crippen LogP contribution in [-0.4, -0.2) is 10.1 Å². The van der Waals surface area contributed by atoms with E-state index < -0.39 is 5.82 Å². The van der Waals surface area contributed by atoms with Crippen molar-refractivity contribution in [1.29, 1.82) is 0 Å². The third kappa shape index (κ3) is 3.32. The normalized spacial score (nSPS) is 11.0. The van der Waals surface area contributed by atoms with Gasteiger partial charge in [0.15, 0.2) is 18.2 Å². The number of benzene rings is 3. The van der Waals surface area contributed by atoms with Gasteiger partial charge in [0, 0.05) is 10.6 Å². The summed E-state index contributed by atoms with van der Waals surface area (Å²) in [6.07, 6.45) is 0. The Morgan fingerprint density at radius 3 is 2.68 bits per heavy atom. The summed E-state index contributed by atoms with van der Waals surface area (Å²) >= 11 is 5.71. The van der Waals surface area contributed by atoms with E-state index in [1.54, 1.807) is 6.07 Å². The Morgan fingerprint density at radius 1 is 1.00 bits per heavy atom. The maximum absolute atomic E-state index is 13.7. The highest BCUT2D eigenvalue weighted by atomic mass is 35.5. The molecule has 0 N–H and O–H groups in total. The minimum absolute atomic E-state index is 0.00433. The Labute approximate surface area is 147 Å². The van der Waals surface area contributed by atoms with Gasteiger partial charge >= 0.3 is 0 Å². The molecule has 0 saturated heterocycles. The van der Waals surface area contributed by atoms with Crippen molar-refractivity contribution in [2.24, 2.45) is 0 Å². The van der Waals surface area contributed by atoms with E-state index in [4.69, 9.17) is 20.9 Å². The molecular weight excluding hydrogens is 343 g/mol. The molecular formula is C19H12ClFN2O2. The van der Waals surface area contributed by atoms with E-state index in [2.05, 4.69) is 10.1 Å². The molecule has 4 nitrogen and oxygen atoms in total. The van der Waals surface area contributed by atoms with Gasteiger partial charge in [0.1, 0.15) is 0 Å². The molecule has 0 saturated carbocycles. The molecule has 0 atom stereocenters. The van der Waals surface area contributed by atoms with Crippen molar-refractivity contribution in [2.45, 2.75) is 6.61 Å². The molecule has 4 rings (SSSR count). The molecule has 1 heterocycles. The summed E-state index contributed by atoms with van der Waals surface area (Å²) in [6.45, 7) is -0.00433. The SMILES string of the molecule is Fc1cc(Cl)ccc1OCc1noc(-c2ccc3ccccc3c2)n1. The number of fused-ring (bicyclic) bond motifs is 1. The first kappa shape index (κ1) is 15.6. The molecule has 25 heavy (non-hydrogen) atoms. The highest BCUT2D eigenvalue weighted by Gasteiger charge is 2.11. The van der Waals surface area contributed by atoms with Crippen molar-refractivity contribution < 1.29 is 13.7 Å². The van der Waals surface area contributed by atoms with Gasteiger partial charge in [0.2, 0.25) is 5.82 Å². The summed E-state index contributed by atoms with van der Waals surface area (Å²) in [6, 6.07) is 18.1. The van der Waals surface area contributed by atoms with Crippen molar-refractivity contribution in [2.75, 3.05) is 0 Å². The first-order chi connectivity index (χ1) is 12.2. The van der Waals surface area contributed by atoms with Gasteiger partial charge in [-0.05, 0) is 41.1 Å². The van der Waals surface area contributed by atoms with Crippen LogP contribution in [-0.2, 0) is 6.61 Å². The van der Waals surface area contributed by atoms with Gasteiger partial charge in [-0.1, -0.05) is 47.1 Å². The highest BCUT2D eigenvalue weighted by Crippen LogP contribution is 2.24. The van der Waals surface area contributed by atoms with E-state index in [-0.39, 0.29) is 12.4 Å². The van der Waals surface area contributed by atoms with Crippen LogP contribution in [0.2, 0.25) is 5.02 Å². The Bertz CT molecular complexity index is 1050. The fourth-order valence-corrected chi connectivity index (χ4v) is 2.65. The van der Waals surface area contributed by atoms with Crippen molar-refractivity contribution in [3.8, 4) is 17.2 Å². The molecule has 6 heteroatoms. The lowest BCUT2D eigenvalue weighted by Gasteiger charge is -2.04. The summed E-state index contributed by atoms with van der Waals surface area (Å²) < 4.78 is 24.4. The van der Waals surface area contributed by atoms with Crippen LogP contribution in [0.15, 0.2) is 65.2 Å². The minimum Gasteiger partial charge on any atom is -0.482 e. The number of halogens is 2. The van der Waals surface area contributed by atoms with Crippen LogP contribution in [0.3, 0.4) is 0 Å². The summed E-state index contributed by atoms with van der Waals surface area (Å²) in [7, 11) is 0. The predicted molar refractivity (Wildman–Crippen MR) is 93.0 cm³/mol. The van der Waals surface area contributed by atoms with Crippen LogP contribution >= 0.6 is 11.6 Å². The Hall–Kier alpha value is -2.92. The Kier molecular flexibility index (Phi) is 4.07. The fourth-order valence-electron chi connectivity index (χ4n) is 2.49. The monoisotopic (exact) mass is 354 g/mol. The van der Waals surface area contributed by atoms with Crippen LogP contribution in [0.25, 0.3) is 22.2 Å². The summed E-state index contributed by atoms with van der Waals surface area (Å²) in [5, 5.41) is 6.40. The zero-order valence-electron chi connectivity index (χ0n) is 12.9. The Balaban J connectivity index is 1.53. The van der Waals surface area contributed by atoms with E-state index >= 15 is 0 Å². The standard InChI is InChI=1S/C19H12ClFN2O2/c20-15-7-8-17(16(21)10-15)24-11-18-22-19(25-23-18)14-6-5-12-3-1-2-4-13(12)9-14/h1-10H,11H2. The quantitative estimate of drug-likeness (QED) is 0.501. The Morgan fingerprint density at radius 2 is 1.84 bits per heavy atom. The minimum atomic E-state index is -0.536. The highest BCUT2D eigenvalue weighted by molar-refractivity contribution is 6.30. The van der Waals surface area contributed by atoms with Crippen molar-refractivity contribution in [3.63, 3.8) is 0 Å². The molecule has 3 aromatic carbocycles. The lowest BCUT2D eigenvalue weighted by atomic mass is 10.1. The van der Waals surface area contributed by atoms with E-state index in [9.17, 15) is 4.39 Å². The largest absolute Gasteiger partial charge is 0.482 e. The number of rotatable bonds is 4. The van der Waals surface area contributed by atoms with Gasteiger partial charge in [-0.25, -0.2) is 4.39 Å². The maximum atomic E-state index is 13.7. The van der Waals surface area contributed by atoms with Gasteiger partial charge in [-0.15, -0.1) is 0 Å². The molecule has 0 spiro atoms. The number of ether oxygens (including phenoxy) is 1. The van der Waals surface area contributed by atoms with Crippen LogP contribution in [0.1, 0.15) is 5.82 Å². The van der Waals surface area contributed by atoms with Crippen LogP contribution in [0, 0.1) is 5.82 Å². The molecule has 0 amide bonds. The summed E-state index contributed by atoms with van der Waals surface area (Å²) in [5.74, 6) is 0.269. The molecule has 0 unspecified atom stereocenters. The molecule has 0 aliphatic carbocycles. The van der Waals surface area contributed by atoms with Gasteiger partial charge in [-0.2, -0.15) is 4.98 Å². The summed E-state index contributed by atoms with van der Waals surface area (Å²) in [5.41, 5.74) is 0.815.